The van der Waals surface area contributed by atoms with Gasteiger partial charge in [-0.2, -0.15) is 0 Å². The maximum absolute atomic E-state index is 13.5. The highest BCUT2D eigenvalue weighted by Crippen LogP contribution is 2.42. The number of aromatic nitrogens is 2. The molecule has 8 heteroatoms. The topological polar surface area (TPSA) is 101 Å². The van der Waals surface area contributed by atoms with Gasteiger partial charge in [0.2, 0.25) is 11.8 Å². The van der Waals surface area contributed by atoms with Crippen LogP contribution in [0.2, 0.25) is 0 Å². The van der Waals surface area contributed by atoms with Crippen molar-refractivity contribution in [3.05, 3.63) is 66.2 Å². The SMILES string of the molecule is N[C@]1(c2ccc(-c3nnc(NC(=O)CC4CCC(N5CCCC5=O)CC4)cc3-c3ccccc3)cc2)C[C@H](F)C1. The molecule has 2 aromatic carbocycles. The van der Waals surface area contributed by atoms with Gasteiger partial charge in [0.05, 0.1) is 0 Å². The van der Waals surface area contributed by atoms with Gasteiger partial charge < -0.3 is 16.0 Å². The van der Waals surface area contributed by atoms with Crippen LogP contribution in [0.5, 0.6) is 0 Å². The number of carbonyl (C=O) groups is 2. The Morgan fingerprint density at radius 3 is 2.38 bits per heavy atom. The van der Waals surface area contributed by atoms with Crippen molar-refractivity contribution >= 4 is 17.6 Å². The lowest BCUT2D eigenvalue weighted by atomic mass is 9.71. The van der Waals surface area contributed by atoms with Crippen LogP contribution >= 0.6 is 0 Å². The second-order valence-corrected chi connectivity index (χ2v) is 11.7. The minimum absolute atomic E-state index is 0.0639. The second-order valence-electron chi connectivity index (χ2n) is 11.7. The van der Waals surface area contributed by atoms with Crippen molar-refractivity contribution < 1.29 is 14.0 Å². The molecule has 3 aromatic rings. The lowest BCUT2D eigenvalue weighted by molar-refractivity contribution is -0.130. The predicted octanol–water partition coefficient (Wildman–Crippen LogP) is 5.61. The lowest BCUT2D eigenvalue weighted by Crippen LogP contribution is -2.50. The number of carbonyl (C=O) groups excluding carboxylic acids is 2. The van der Waals surface area contributed by atoms with E-state index in [-0.39, 0.29) is 11.8 Å². The van der Waals surface area contributed by atoms with Crippen molar-refractivity contribution in [2.45, 2.75) is 75.5 Å². The number of benzene rings is 2. The Morgan fingerprint density at radius 1 is 1.00 bits per heavy atom. The summed E-state index contributed by atoms with van der Waals surface area (Å²) in [5.41, 5.74) is 10.1. The van der Waals surface area contributed by atoms with Crippen molar-refractivity contribution in [3.63, 3.8) is 0 Å². The van der Waals surface area contributed by atoms with Crippen LogP contribution in [-0.4, -0.2) is 45.7 Å². The summed E-state index contributed by atoms with van der Waals surface area (Å²) in [6.45, 7) is 0.880. The predicted molar refractivity (Wildman–Crippen MR) is 153 cm³/mol. The summed E-state index contributed by atoms with van der Waals surface area (Å²) in [4.78, 5) is 27.1. The first-order valence-electron chi connectivity index (χ1n) is 14.4. The van der Waals surface area contributed by atoms with Gasteiger partial charge in [0, 0.05) is 54.9 Å². The summed E-state index contributed by atoms with van der Waals surface area (Å²) in [5, 5.41) is 11.9. The molecule has 0 unspecified atom stereocenters. The summed E-state index contributed by atoms with van der Waals surface area (Å²) < 4.78 is 13.5. The zero-order chi connectivity index (χ0) is 27.7. The second kappa shape index (κ2) is 11.1. The molecular formula is C32H36FN5O2. The van der Waals surface area contributed by atoms with Crippen LogP contribution in [0.4, 0.5) is 10.2 Å². The number of nitrogens with two attached hydrogens (primary N) is 1. The van der Waals surface area contributed by atoms with Gasteiger partial charge in [-0.25, -0.2) is 4.39 Å². The molecule has 2 heterocycles. The number of amides is 2. The van der Waals surface area contributed by atoms with Gasteiger partial charge in [-0.15, -0.1) is 10.2 Å². The van der Waals surface area contributed by atoms with E-state index in [1.165, 1.54) is 0 Å². The maximum atomic E-state index is 13.5. The number of alkyl halides is 1. The minimum Gasteiger partial charge on any atom is -0.340 e. The van der Waals surface area contributed by atoms with Gasteiger partial charge in [-0.05, 0) is 55.2 Å². The average Bonchev–Trinajstić information content (AvgIpc) is 3.39. The molecule has 6 rings (SSSR count). The lowest BCUT2D eigenvalue weighted by Gasteiger charge is -2.41. The first-order chi connectivity index (χ1) is 19.4. The molecule has 1 aromatic heterocycles. The molecule has 0 bridgehead atoms. The number of anilines is 1. The molecule has 2 saturated carbocycles. The van der Waals surface area contributed by atoms with Gasteiger partial charge in [-0.1, -0.05) is 54.6 Å². The number of hydrogen-bond acceptors (Lipinski definition) is 5. The zero-order valence-electron chi connectivity index (χ0n) is 22.7. The number of nitrogens with zero attached hydrogens (tertiary/aromatic N) is 3. The molecule has 40 heavy (non-hydrogen) atoms. The largest absolute Gasteiger partial charge is 0.340 e. The van der Waals surface area contributed by atoms with Crippen molar-refractivity contribution in [2.75, 3.05) is 11.9 Å². The highest BCUT2D eigenvalue weighted by molar-refractivity contribution is 5.91. The van der Waals surface area contributed by atoms with E-state index in [0.29, 0.717) is 49.2 Å². The van der Waals surface area contributed by atoms with E-state index >= 15 is 0 Å². The van der Waals surface area contributed by atoms with E-state index in [2.05, 4.69) is 15.5 Å². The third-order valence-electron chi connectivity index (χ3n) is 8.89. The Morgan fingerprint density at radius 2 is 1.73 bits per heavy atom. The average molecular weight is 542 g/mol. The summed E-state index contributed by atoms with van der Waals surface area (Å²) >= 11 is 0. The molecule has 0 spiro atoms. The molecule has 208 valence electrons. The number of halogens is 1. The Labute approximate surface area is 234 Å². The van der Waals surface area contributed by atoms with E-state index in [1.807, 2.05) is 65.6 Å². The fourth-order valence-corrected chi connectivity index (χ4v) is 6.60. The van der Waals surface area contributed by atoms with E-state index in [0.717, 1.165) is 60.9 Å². The van der Waals surface area contributed by atoms with Gasteiger partial charge >= 0.3 is 0 Å². The smallest absolute Gasteiger partial charge is 0.225 e. The molecule has 1 saturated heterocycles. The van der Waals surface area contributed by atoms with Gasteiger partial charge in [0.25, 0.3) is 0 Å². The van der Waals surface area contributed by atoms with Crippen LogP contribution < -0.4 is 11.1 Å². The van der Waals surface area contributed by atoms with Crippen LogP contribution in [0.25, 0.3) is 22.4 Å². The minimum atomic E-state index is -0.835. The first-order valence-corrected chi connectivity index (χ1v) is 14.4. The van der Waals surface area contributed by atoms with Crippen LogP contribution in [0.15, 0.2) is 60.7 Å². The first kappa shape index (κ1) is 26.6. The summed E-state index contributed by atoms with van der Waals surface area (Å²) in [5.74, 6) is 0.948. The van der Waals surface area contributed by atoms with E-state index in [1.54, 1.807) is 0 Å². The molecule has 2 amide bonds. The molecule has 3 N–H and O–H groups in total. The third kappa shape index (κ3) is 5.50. The summed E-state index contributed by atoms with van der Waals surface area (Å²) in [6, 6.07) is 19.9. The Hall–Kier alpha value is -3.65. The zero-order valence-corrected chi connectivity index (χ0v) is 22.7. The molecule has 0 radical (unpaired) electrons. The molecule has 3 aliphatic rings. The highest BCUT2D eigenvalue weighted by atomic mass is 19.1. The van der Waals surface area contributed by atoms with Crippen LogP contribution in [0, 0.1) is 5.92 Å². The van der Waals surface area contributed by atoms with E-state index in [4.69, 9.17) is 5.73 Å². The number of nitrogens with one attached hydrogen (secondary N) is 1. The van der Waals surface area contributed by atoms with Crippen LogP contribution in [-0.2, 0) is 15.1 Å². The summed E-state index contributed by atoms with van der Waals surface area (Å²) in [6.07, 6.45) is 5.77. The standard InChI is InChI=1S/C32H36FN5O2/c33-25-19-32(34,20-25)24-12-10-23(11-13-24)31-27(22-5-2-1-3-6-22)18-28(36-37-31)35-29(39)17-21-8-14-26(15-9-21)38-16-4-7-30(38)40/h1-3,5-6,10-13,18,21,25-26H,4,7-9,14-17,19-20,34H2,(H,35,36,39)/t21?,25-,26?,32+. The third-order valence-corrected chi connectivity index (χ3v) is 8.89. The molecule has 2 aliphatic carbocycles. The van der Waals surface area contributed by atoms with Crippen molar-refractivity contribution in [1.82, 2.24) is 15.1 Å². The monoisotopic (exact) mass is 541 g/mol. The molecule has 1 aliphatic heterocycles. The van der Waals surface area contributed by atoms with Crippen LogP contribution in [0.1, 0.15) is 63.4 Å². The molecular weight excluding hydrogens is 505 g/mol. The van der Waals surface area contributed by atoms with E-state index in [9.17, 15) is 14.0 Å². The number of rotatable bonds is 7. The fraction of sp³-hybridized carbons (Fsp3) is 0.438. The Kier molecular flexibility index (Phi) is 7.36. The summed E-state index contributed by atoms with van der Waals surface area (Å²) in [7, 11) is 0. The Balaban J connectivity index is 1.15. The Bertz CT molecular complexity index is 1370. The van der Waals surface area contributed by atoms with Crippen molar-refractivity contribution in [2.24, 2.45) is 11.7 Å². The quantitative estimate of drug-likeness (QED) is 0.405. The maximum Gasteiger partial charge on any atom is 0.225 e. The van der Waals surface area contributed by atoms with Crippen molar-refractivity contribution in [3.8, 4) is 22.4 Å². The molecule has 0 atom stereocenters. The number of likely N-dealkylation sites (tertiary alicyclic amines) is 1. The van der Waals surface area contributed by atoms with Crippen molar-refractivity contribution in [1.29, 1.82) is 0 Å². The van der Waals surface area contributed by atoms with Crippen LogP contribution in [0.3, 0.4) is 0 Å². The molecule has 3 fully saturated rings. The fourth-order valence-electron chi connectivity index (χ4n) is 6.60. The number of hydrogen-bond donors (Lipinski definition) is 2. The van der Waals surface area contributed by atoms with Gasteiger partial charge in [0.1, 0.15) is 11.9 Å². The molecule has 7 nitrogen and oxygen atoms in total. The normalized spacial score (nSPS) is 26.4. The van der Waals surface area contributed by atoms with Gasteiger partial charge in [0.15, 0.2) is 5.82 Å². The van der Waals surface area contributed by atoms with Gasteiger partial charge in [-0.3, -0.25) is 9.59 Å². The highest BCUT2D eigenvalue weighted by Gasteiger charge is 2.42. The van der Waals surface area contributed by atoms with E-state index < -0.39 is 11.7 Å².